The molecule has 1 atom stereocenters. The number of methoxy groups -OCH3 is 1. The quantitative estimate of drug-likeness (QED) is 0.309. The number of ether oxygens (including phenoxy) is 1. The molecule has 1 rings (SSSR count). The van der Waals surface area contributed by atoms with Crippen LogP contribution < -0.4 is 11.1 Å². The van der Waals surface area contributed by atoms with Gasteiger partial charge in [-0.25, -0.2) is 0 Å². The van der Waals surface area contributed by atoms with Crippen LogP contribution in [-0.2, 0) is 16.1 Å². The van der Waals surface area contributed by atoms with Gasteiger partial charge in [0.1, 0.15) is 6.04 Å². The molecule has 0 aromatic heterocycles. The van der Waals surface area contributed by atoms with Crippen LogP contribution in [0.4, 0.5) is 0 Å². The van der Waals surface area contributed by atoms with E-state index in [9.17, 15) is 4.79 Å². The molecule has 1 amide bonds. The number of amides is 1. The van der Waals surface area contributed by atoms with Crippen molar-refractivity contribution in [1.29, 1.82) is 0 Å². The molecular weight excluding hydrogens is 258 g/mol. The third-order valence-corrected chi connectivity index (χ3v) is 2.80. The van der Waals surface area contributed by atoms with Gasteiger partial charge >= 0.3 is 0 Å². The van der Waals surface area contributed by atoms with E-state index >= 15 is 0 Å². The Bertz CT molecular complexity index is 485. The summed E-state index contributed by atoms with van der Waals surface area (Å²) in [4.78, 5) is 14.3. The number of benzene rings is 1. The molecule has 108 valence electrons. The number of rotatable bonds is 9. The minimum Gasteiger partial charge on any atom is -0.380 e. The molecule has 0 bridgehead atoms. The highest BCUT2D eigenvalue weighted by Crippen LogP contribution is 2.18. The van der Waals surface area contributed by atoms with Crippen molar-refractivity contribution in [1.82, 2.24) is 5.32 Å². The predicted octanol–water partition coefficient (Wildman–Crippen LogP) is 1.65. The van der Waals surface area contributed by atoms with Crippen molar-refractivity contribution in [2.45, 2.75) is 19.1 Å². The normalized spacial score (nSPS) is 11.7. The Balaban J connectivity index is 2.75. The summed E-state index contributed by atoms with van der Waals surface area (Å²) >= 11 is 0. The third-order valence-electron chi connectivity index (χ3n) is 2.80. The molecule has 7 nitrogen and oxygen atoms in total. The molecule has 3 N–H and O–H groups in total. The smallest absolute Gasteiger partial charge is 0.239 e. The van der Waals surface area contributed by atoms with Gasteiger partial charge in [0.05, 0.1) is 6.61 Å². The van der Waals surface area contributed by atoms with Crippen molar-refractivity contribution >= 4 is 5.91 Å². The Labute approximate surface area is 117 Å². The summed E-state index contributed by atoms with van der Waals surface area (Å²) in [5.41, 5.74) is 15.4. The molecule has 0 aliphatic carbocycles. The van der Waals surface area contributed by atoms with E-state index < -0.39 is 11.9 Å². The molecule has 1 aromatic carbocycles. The second-order valence-electron chi connectivity index (χ2n) is 4.23. The van der Waals surface area contributed by atoms with Gasteiger partial charge in [-0.1, -0.05) is 29.4 Å². The second kappa shape index (κ2) is 8.92. The van der Waals surface area contributed by atoms with Crippen LogP contribution in [0.2, 0.25) is 0 Å². The van der Waals surface area contributed by atoms with E-state index in [1.54, 1.807) is 7.11 Å². The summed E-state index contributed by atoms with van der Waals surface area (Å²) in [6, 6.07) is 6.91. The highest BCUT2D eigenvalue weighted by atomic mass is 16.5. The van der Waals surface area contributed by atoms with Crippen LogP contribution in [-0.4, -0.2) is 26.1 Å². The Morgan fingerprint density at radius 1 is 1.55 bits per heavy atom. The van der Waals surface area contributed by atoms with Gasteiger partial charge in [-0.3, -0.25) is 4.79 Å². The van der Waals surface area contributed by atoms with E-state index in [-0.39, 0.29) is 0 Å². The maximum atomic E-state index is 11.6. The van der Waals surface area contributed by atoms with E-state index in [4.69, 9.17) is 16.0 Å². The fourth-order valence-electron chi connectivity index (χ4n) is 1.91. The molecule has 0 radical (unpaired) electrons. The molecule has 0 saturated heterocycles. The predicted molar refractivity (Wildman–Crippen MR) is 75.7 cm³/mol. The van der Waals surface area contributed by atoms with Crippen molar-refractivity contribution in [3.8, 4) is 0 Å². The molecule has 0 aliphatic heterocycles. The maximum Gasteiger partial charge on any atom is 0.239 e. The van der Waals surface area contributed by atoms with Gasteiger partial charge in [-0.15, -0.1) is 0 Å². The number of primary amides is 1. The van der Waals surface area contributed by atoms with Crippen LogP contribution in [0.15, 0.2) is 29.4 Å². The third kappa shape index (κ3) is 4.89. The average molecular weight is 277 g/mol. The molecule has 0 saturated carbocycles. The van der Waals surface area contributed by atoms with Crippen LogP contribution >= 0.6 is 0 Å². The van der Waals surface area contributed by atoms with Gasteiger partial charge in [-0.05, 0) is 29.6 Å². The van der Waals surface area contributed by atoms with Gasteiger partial charge in [0, 0.05) is 18.6 Å². The topological polar surface area (TPSA) is 113 Å². The standard InChI is InChI=1S/C13H19N5O2/c1-20-9-10-5-2-3-6-11(10)12(13(14)19)16-7-4-8-17-18-15/h2-3,5-6,12,16H,4,7-9H2,1H3,(H2,14,19). The zero-order chi connectivity index (χ0) is 14.8. The summed E-state index contributed by atoms with van der Waals surface area (Å²) in [7, 11) is 1.60. The summed E-state index contributed by atoms with van der Waals surface area (Å²) in [6.07, 6.45) is 0.639. The number of nitrogens with two attached hydrogens (primary N) is 1. The molecule has 0 heterocycles. The Hall–Kier alpha value is -2.08. The SMILES string of the molecule is COCc1ccccc1C(NCCCN=[N+]=[N-])C(N)=O. The average Bonchev–Trinajstić information content (AvgIpc) is 2.44. The van der Waals surface area contributed by atoms with Gasteiger partial charge in [-0.2, -0.15) is 0 Å². The first-order valence-electron chi connectivity index (χ1n) is 6.31. The largest absolute Gasteiger partial charge is 0.380 e. The van der Waals surface area contributed by atoms with Gasteiger partial charge in [0.15, 0.2) is 0 Å². The van der Waals surface area contributed by atoms with Crippen molar-refractivity contribution in [3.05, 3.63) is 45.8 Å². The van der Waals surface area contributed by atoms with Crippen LogP contribution in [0.25, 0.3) is 10.4 Å². The Morgan fingerprint density at radius 3 is 2.95 bits per heavy atom. The lowest BCUT2D eigenvalue weighted by Gasteiger charge is -2.18. The number of azide groups is 1. The summed E-state index contributed by atoms with van der Waals surface area (Å²) in [5, 5.41) is 6.52. The lowest BCUT2D eigenvalue weighted by molar-refractivity contribution is -0.120. The molecule has 1 unspecified atom stereocenters. The highest BCUT2D eigenvalue weighted by molar-refractivity contribution is 5.81. The molecule has 20 heavy (non-hydrogen) atoms. The number of nitrogens with zero attached hydrogens (tertiary/aromatic N) is 3. The molecular formula is C13H19N5O2. The van der Waals surface area contributed by atoms with Crippen LogP contribution in [0.3, 0.4) is 0 Å². The summed E-state index contributed by atoms with van der Waals surface area (Å²) in [5.74, 6) is -0.447. The molecule has 0 spiro atoms. The van der Waals surface area contributed by atoms with Gasteiger partial charge in [0.2, 0.25) is 5.91 Å². The minimum absolute atomic E-state index is 0.384. The number of hydrogen-bond acceptors (Lipinski definition) is 4. The van der Waals surface area contributed by atoms with Crippen LogP contribution in [0, 0.1) is 0 Å². The minimum atomic E-state index is -0.576. The van der Waals surface area contributed by atoms with E-state index in [2.05, 4.69) is 15.3 Å². The van der Waals surface area contributed by atoms with Crippen molar-refractivity contribution < 1.29 is 9.53 Å². The molecule has 0 fully saturated rings. The fourth-order valence-corrected chi connectivity index (χ4v) is 1.91. The Kier molecular flexibility index (Phi) is 7.13. The van der Waals surface area contributed by atoms with Crippen molar-refractivity contribution in [2.75, 3.05) is 20.2 Å². The fraction of sp³-hybridized carbons (Fsp3) is 0.462. The molecule has 0 aliphatic rings. The van der Waals surface area contributed by atoms with Gasteiger partial charge in [0.25, 0.3) is 0 Å². The first-order valence-corrected chi connectivity index (χ1v) is 6.31. The number of carbonyl (C=O) groups excluding carboxylic acids is 1. The van der Waals surface area contributed by atoms with E-state index in [1.807, 2.05) is 24.3 Å². The van der Waals surface area contributed by atoms with Crippen molar-refractivity contribution in [3.63, 3.8) is 0 Å². The number of nitrogens with one attached hydrogen (secondary N) is 1. The molecule has 7 heteroatoms. The lowest BCUT2D eigenvalue weighted by atomic mass is 10.00. The number of carbonyl (C=O) groups is 1. The number of hydrogen-bond donors (Lipinski definition) is 2. The first kappa shape index (κ1) is 16.0. The summed E-state index contributed by atoms with van der Waals surface area (Å²) in [6.45, 7) is 1.34. The molecule has 1 aromatic rings. The zero-order valence-electron chi connectivity index (χ0n) is 11.5. The van der Waals surface area contributed by atoms with E-state index in [0.29, 0.717) is 26.1 Å². The van der Waals surface area contributed by atoms with Crippen molar-refractivity contribution in [2.24, 2.45) is 10.8 Å². The van der Waals surface area contributed by atoms with E-state index in [0.717, 1.165) is 11.1 Å². The summed E-state index contributed by atoms with van der Waals surface area (Å²) < 4.78 is 5.12. The van der Waals surface area contributed by atoms with Crippen LogP contribution in [0.5, 0.6) is 0 Å². The van der Waals surface area contributed by atoms with E-state index in [1.165, 1.54) is 0 Å². The Morgan fingerprint density at radius 2 is 2.30 bits per heavy atom. The maximum absolute atomic E-state index is 11.6. The lowest BCUT2D eigenvalue weighted by Crippen LogP contribution is -2.35. The van der Waals surface area contributed by atoms with Gasteiger partial charge < -0.3 is 15.8 Å². The first-order chi connectivity index (χ1) is 9.70. The zero-order valence-corrected chi connectivity index (χ0v) is 11.5. The monoisotopic (exact) mass is 277 g/mol. The van der Waals surface area contributed by atoms with Crippen LogP contribution in [0.1, 0.15) is 23.6 Å². The highest BCUT2D eigenvalue weighted by Gasteiger charge is 2.19. The second-order valence-corrected chi connectivity index (χ2v) is 4.23.